The summed E-state index contributed by atoms with van der Waals surface area (Å²) in [5, 5.41) is 0.779. The van der Waals surface area contributed by atoms with Crippen molar-refractivity contribution in [3.63, 3.8) is 0 Å². The molecule has 2 aromatic heterocycles. The first kappa shape index (κ1) is 14.7. The number of benzene rings is 1. The summed E-state index contributed by atoms with van der Waals surface area (Å²) in [5.41, 5.74) is 1.24. The molecule has 3 heterocycles. The van der Waals surface area contributed by atoms with Gasteiger partial charge in [0.1, 0.15) is 10.6 Å². The lowest BCUT2D eigenvalue weighted by molar-refractivity contribution is 0.104. The molecule has 0 atom stereocenters. The normalized spacial score (nSPS) is 13.4. The third-order valence-corrected chi connectivity index (χ3v) is 4.76. The van der Waals surface area contributed by atoms with E-state index >= 15 is 0 Å². The van der Waals surface area contributed by atoms with Crippen molar-refractivity contribution in [3.8, 4) is 11.5 Å². The summed E-state index contributed by atoms with van der Waals surface area (Å²) in [6.07, 6.45) is 9.55. The molecular formula is C19H14N2O2S. The summed E-state index contributed by atoms with van der Waals surface area (Å²) in [6, 6.07) is 12.9. The van der Waals surface area contributed by atoms with Crippen molar-refractivity contribution in [2.75, 3.05) is 11.4 Å². The highest BCUT2D eigenvalue weighted by Gasteiger charge is 2.24. The lowest BCUT2D eigenvalue weighted by Gasteiger charge is -2.16. The van der Waals surface area contributed by atoms with Crippen LogP contribution in [-0.2, 0) is 0 Å². The monoisotopic (exact) mass is 334 g/mol. The number of rotatable bonds is 4. The summed E-state index contributed by atoms with van der Waals surface area (Å²) < 4.78 is 5.49. The maximum atomic E-state index is 12.9. The lowest BCUT2D eigenvalue weighted by atomic mass is 10.1. The van der Waals surface area contributed by atoms with Crippen LogP contribution >= 0.6 is 11.3 Å². The van der Waals surface area contributed by atoms with E-state index in [1.54, 1.807) is 12.3 Å². The van der Waals surface area contributed by atoms with Gasteiger partial charge in [0.15, 0.2) is 10.9 Å². The molecule has 0 fully saturated rings. The molecule has 0 radical (unpaired) electrons. The molecule has 0 saturated heterocycles. The fraction of sp³-hybridized carbons (Fsp3) is 0.0526. The molecule has 0 unspecified atom stereocenters. The largest absolute Gasteiger partial charge is 0.463 e. The van der Waals surface area contributed by atoms with Crippen molar-refractivity contribution >= 4 is 22.3 Å². The number of carbonyl (C=O) groups excluding carboxylic acids is 1. The first-order valence-corrected chi connectivity index (χ1v) is 8.39. The molecule has 4 nitrogen and oxygen atoms in total. The van der Waals surface area contributed by atoms with Gasteiger partial charge in [0.2, 0.25) is 5.78 Å². The van der Waals surface area contributed by atoms with Crippen LogP contribution in [0.4, 0.5) is 5.13 Å². The first-order chi connectivity index (χ1) is 11.8. The van der Waals surface area contributed by atoms with Crippen LogP contribution in [0.2, 0.25) is 0 Å². The molecule has 0 spiro atoms. The lowest BCUT2D eigenvalue weighted by Crippen LogP contribution is -2.16. The molecular weight excluding hydrogens is 320 g/mol. The number of allylic oxidation sites excluding steroid dienone is 2. The number of hydrogen-bond donors (Lipinski definition) is 0. The minimum Gasteiger partial charge on any atom is -0.463 e. The zero-order valence-electron chi connectivity index (χ0n) is 12.8. The van der Waals surface area contributed by atoms with Crippen LogP contribution in [0.25, 0.3) is 11.5 Å². The number of aromatic nitrogens is 1. The third kappa shape index (κ3) is 2.70. The van der Waals surface area contributed by atoms with Gasteiger partial charge in [-0.3, -0.25) is 4.79 Å². The van der Waals surface area contributed by atoms with E-state index in [1.807, 2.05) is 65.7 Å². The van der Waals surface area contributed by atoms with Crippen LogP contribution in [-0.4, -0.2) is 17.3 Å². The van der Waals surface area contributed by atoms with Crippen LogP contribution in [0.15, 0.2) is 77.6 Å². The molecule has 0 saturated carbocycles. The topological polar surface area (TPSA) is 46.3 Å². The van der Waals surface area contributed by atoms with Crippen LogP contribution in [0.5, 0.6) is 0 Å². The Bertz CT molecular complexity index is 908. The van der Waals surface area contributed by atoms with E-state index in [0.717, 1.165) is 11.7 Å². The van der Waals surface area contributed by atoms with E-state index in [1.165, 1.54) is 11.3 Å². The number of anilines is 1. The van der Waals surface area contributed by atoms with Gasteiger partial charge in [-0.05, 0) is 18.2 Å². The highest BCUT2D eigenvalue weighted by atomic mass is 32.1. The van der Waals surface area contributed by atoms with Gasteiger partial charge in [-0.25, -0.2) is 4.98 Å². The molecule has 1 aliphatic rings. The van der Waals surface area contributed by atoms with Gasteiger partial charge in [0.05, 0.1) is 6.26 Å². The van der Waals surface area contributed by atoms with Crippen molar-refractivity contribution in [2.24, 2.45) is 0 Å². The van der Waals surface area contributed by atoms with Gasteiger partial charge in [-0.2, -0.15) is 0 Å². The molecule has 0 bridgehead atoms. The Morgan fingerprint density at radius 3 is 2.71 bits per heavy atom. The number of furan rings is 1. The van der Waals surface area contributed by atoms with Crippen LogP contribution < -0.4 is 4.90 Å². The van der Waals surface area contributed by atoms with Gasteiger partial charge >= 0.3 is 0 Å². The zero-order chi connectivity index (χ0) is 16.4. The van der Waals surface area contributed by atoms with Gasteiger partial charge < -0.3 is 9.32 Å². The Balaban J connectivity index is 1.79. The SMILES string of the molecule is O=C(c1ccccc1)c1sc(N2C=CC=CC2)nc1-c1ccco1. The Labute approximate surface area is 143 Å². The average Bonchev–Trinajstić information content (AvgIpc) is 3.32. The maximum Gasteiger partial charge on any atom is 0.205 e. The molecule has 1 aliphatic heterocycles. The van der Waals surface area contributed by atoms with E-state index in [0.29, 0.717) is 21.9 Å². The van der Waals surface area contributed by atoms with Crippen LogP contribution in [0.3, 0.4) is 0 Å². The zero-order valence-corrected chi connectivity index (χ0v) is 13.6. The van der Waals surface area contributed by atoms with Crippen molar-refractivity contribution in [3.05, 3.63) is 83.6 Å². The summed E-state index contributed by atoms with van der Waals surface area (Å²) >= 11 is 1.39. The predicted molar refractivity (Wildman–Crippen MR) is 95.3 cm³/mol. The van der Waals surface area contributed by atoms with E-state index in [4.69, 9.17) is 4.42 Å². The highest BCUT2D eigenvalue weighted by molar-refractivity contribution is 7.18. The molecule has 5 heteroatoms. The second-order valence-electron chi connectivity index (χ2n) is 5.27. The van der Waals surface area contributed by atoms with Crippen molar-refractivity contribution in [2.45, 2.75) is 0 Å². The Morgan fingerprint density at radius 1 is 1.12 bits per heavy atom. The second-order valence-corrected chi connectivity index (χ2v) is 6.25. The molecule has 3 aromatic rings. The molecule has 4 rings (SSSR count). The van der Waals surface area contributed by atoms with Crippen molar-refractivity contribution < 1.29 is 9.21 Å². The third-order valence-electron chi connectivity index (χ3n) is 3.67. The number of carbonyl (C=O) groups is 1. The molecule has 0 amide bonds. The van der Waals surface area contributed by atoms with E-state index in [-0.39, 0.29) is 5.78 Å². The number of thiazole rings is 1. The Morgan fingerprint density at radius 2 is 2.00 bits per heavy atom. The smallest absolute Gasteiger partial charge is 0.205 e. The van der Waals surface area contributed by atoms with Crippen molar-refractivity contribution in [1.82, 2.24) is 4.98 Å². The number of ketones is 1. The maximum absolute atomic E-state index is 12.9. The minimum atomic E-state index is -0.0396. The van der Waals surface area contributed by atoms with Crippen LogP contribution in [0, 0.1) is 0 Å². The first-order valence-electron chi connectivity index (χ1n) is 7.57. The summed E-state index contributed by atoms with van der Waals surface area (Å²) in [5.74, 6) is 0.565. The second kappa shape index (κ2) is 6.29. The molecule has 0 aliphatic carbocycles. The minimum absolute atomic E-state index is 0.0396. The Hall–Kier alpha value is -2.92. The number of nitrogens with zero attached hydrogens (tertiary/aromatic N) is 2. The predicted octanol–water partition coefficient (Wildman–Crippen LogP) is 4.52. The van der Waals surface area contributed by atoms with Gasteiger partial charge in [0, 0.05) is 18.3 Å². The van der Waals surface area contributed by atoms with Crippen molar-refractivity contribution in [1.29, 1.82) is 0 Å². The molecule has 1 aromatic carbocycles. The average molecular weight is 334 g/mol. The van der Waals surface area contributed by atoms with Gasteiger partial charge in [-0.15, -0.1) is 0 Å². The molecule has 118 valence electrons. The van der Waals surface area contributed by atoms with Gasteiger partial charge in [-0.1, -0.05) is 53.8 Å². The summed E-state index contributed by atoms with van der Waals surface area (Å²) in [4.78, 5) is 20.2. The summed E-state index contributed by atoms with van der Waals surface area (Å²) in [7, 11) is 0. The van der Waals surface area contributed by atoms with E-state index in [9.17, 15) is 4.79 Å². The Kier molecular flexibility index (Phi) is 3.84. The van der Waals surface area contributed by atoms with Gasteiger partial charge in [0.25, 0.3) is 0 Å². The number of hydrogen-bond acceptors (Lipinski definition) is 5. The molecule has 0 N–H and O–H groups in total. The van der Waals surface area contributed by atoms with Crippen LogP contribution in [0.1, 0.15) is 15.2 Å². The highest BCUT2D eigenvalue weighted by Crippen LogP contribution is 2.35. The molecule has 24 heavy (non-hydrogen) atoms. The van der Waals surface area contributed by atoms with E-state index < -0.39 is 0 Å². The quantitative estimate of drug-likeness (QED) is 0.658. The standard InChI is InChI=1S/C19H14N2O2S/c22-17(14-8-3-1-4-9-14)18-16(15-10-7-13-23-15)20-19(24-18)21-11-5-2-6-12-21/h1-11,13H,12H2. The fourth-order valence-corrected chi connectivity index (χ4v) is 3.52. The summed E-state index contributed by atoms with van der Waals surface area (Å²) in [6.45, 7) is 0.737. The van der Waals surface area contributed by atoms with E-state index in [2.05, 4.69) is 4.98 Å². The fourth-order valence-electron chi connectivity index (χ4n) is 2.50.